The third-order valence-corrected chi connectivity index (χ3v) is 3.46. The van der Waals surface area contributed by atoms with Crippen LogP contribution in [0.5, 0.6) is 5.75 Å². The highest BCUT2D eigenvalue weighted by molar-refractivity contribution is 7.09. The minimum atomic E-state index is 0.0462. The lowest BCUT2D eigenvalue weighted by molar-refractivity contribution is 0.303. The Kier molecular flexibility index (Phi) is 3.62. The molecule has 0 radical (unpaired) electrons. The number of ether oxygens (including phenoxy) is 1. The molecular formula is C13H15N3OS. The highest BCUT2D eigenvalue weighted by atomic mass is 32.1. The topological polar surface area (TPSA) is 72.0 Å². The van der Waals surface area contributed by atoms with Crippen molar-refractivity contribution in [1.82, 2.24) is 4.98 Å². The molecule has 0 unspecified atom stereocenters. The van der Waals surface area contributed by atoms with Crippen LogP contribution in [0.3, 0.4) is 0 Å². The standard InChI is InChI=1S/C13H15N3OS/c1-8-3-4-10(13(14)15)5-11(8)17-6-12-16-9(2)7-18-12/h3-5,7H,6H2,1-2H3,(H3,14,15). The largest absolute Gasteiger partial charge is 0.486 e. The molecule has 18 heavy (non-hydrogen) atoms. The van der Waals surface area contributed by atoms with Gasteiger partial charge in [0.15, 0.2) is 0 Å². The molecule has 2 rings (SSSR count). The van der Waals surface area contributed by atoms with Gasteiger partial charge in [-0.3, -0.25) is 5.41 Å². The van der Waals surface area contributed by atoms with Gasteiger partial charge in [-0.2, -0.15) is 0 Å². The van der Waals surface area contributed by atoms with Crippen LogP contribution in [-0.2, 0) is 6.61 Å². The molecule has 0 aliphatic carbocycles. The fraction of sp³-hybridized carbons (Fsp3) is 0.231. The first kappa shape index (κ1) is 12.6. The van der Waals surface area contributed by atoms with Crippen molar-refractivity contribution >= 4 is 17.2 Å². The van der Waals surface area contributed by atoms with Crippen molar-refractivity contribution < 1.29 is 4.74 Å². The first-order valence-corrected chi connectivity index (χ1v) is 6.43. The fourth-order valence-corrected chi connectivity index (χ4v) is 2.21. The maximum atomic E-state index is 7.41. The zero-order valence-electron chi connectivity index (χ0n) is 10.4. The molecule has 0 amide bonds. The highest BCUT2D eigenvalue weighted by Crippen LogP contribution is 2.21. The zero-order chi connectivity index (χ0) is 13.1. The second-order valence-corrected chi connectivity index (χ2v) is 5.01. The maximum absolute atomic E-state index is 7.41. The van der Waals surface area contributed by atoms with Crippen LogP contribution in [0, 0.1) is 19.3 Å². The van der Waals surface area contributed by atoms with Crippen molar-refractivity contribution in [2.45, 2.75) is 20.5 Å². The van der Waals surface area contributed by atoms with Gasteiger partial charge >= 0.3 is 0 Å². The molecule has 0 aliphatic heterocycles. The summed E-state index contributed by atoms with van der Waals surface area (Å²) in [6, 6.07) is 5.51. The summed E-state index contributed by atoms with van der Waals surface area (Å²) in [5.41, 5.74) is 8.16. The zero-order valence-corrected chi connectivity index (χ0v) is 11.2. The van der Waals surface area contributed by atoms with Gasteiger partial charge < -0.3 is 10.5 Å². The van der Waals surface area contributed by atoms with Crippen molar-refractivity contribution in [3.8, 4) is 5.75 Å². The monoisotopic (exact) mass is 261 g/mol. The highest BCUT2D eigenvalue weighted by Gasteiger charge is 2.05. The third kappa shape index (κ3) is 2.87. The van der Waals surface area contributed by atoms with Gasteiger partial charge in [-0.25, -0.2) is 4.98 Å². The Morgan fingerprint density at radius 2 is 2.22 bits per heavy atom. The molecule has 1 aromatic heterocycles. The third-order valence-electron chi connectivity index (χ3n) is 2.52. The number of nitrogens with two attached hydrogens (primary N) is 1. The summed E-state index contributed by atoms with van der Waals surface area (Å²) in [4.78, 5) is 4.34. The molecule has 0 saturated heterocycles. The Morgan fingerprint density at radius 3 is 2.83 bits per heavy atom. The van der Waals surface area contributed by atoms with E-state index < -0.39 is 0 Å². The Balaban J connectivity index is 2.13. The molecular weight excluding hydrogens is 246 g/mol. The summed E-state index contributed by atoms with van der Waals surface area (Å²) >= 11 is 1.58. The predicted octanol–water partition coefficient (Wildman–Crippen LogP) is 2.62. The molecule has 1 heterocycles. The number of nitrogens with zero attached hydrogens (tertiary/aromatic N) is 1. The molecule has 0 bridgehead atoms. The van der Waals surface area contributed by atoms with Crippen molar-refractivity contribution in [2.75, 3.05) is 0 Å². The summed E-state index contributed by atoms with van der Waals surface area (Å²) in [6.45, 7) is 4.37. The molecule has 5 heteroatoms. The van der Waals surface area contributed by atoms with Crippen LogP contribution in [0.15, 0.2) is 23.6 Å². The fourth-order valence-electron chi connectivity index (χ4n) is 1.53. The second-order valence-electron chi connectivity index (χ2n) is 4.07. The first-order valence-electron chi connectivity index (χ1n) is 5.55. The van der Waals surface area contributed by atoms with E-state index in [1.54, 1.807) is 17.4 Å². The first-order chi connectivity index (χ1) is 8.56. The normalized spacial score (nSPS) is 10.3. The average Bonchev–Trinajstić information content (AvgIpc) is 2.74. The van der Waals surface area contributed by atoms with Crippen molar-refractivity contribution in [1.29, 1.82) is 5.41 Å². The molecule has 4 nitrogen and oxygen atoms in total. The quantitative estimate of drug-likeness (QED) is 0.656. The number of nitrogen functional groups attached to an aromatic ring is 1. The van der Waals surface area contributed by atoms with Crippen LogP contribution in [-0.4, -0.2) is 10.8 Å². The van der Waals surface area contributed by atoms with Gasteiger partial charge in [-0.15, -0.1) is 11.3 Å². The van der Waals surface area contributed by atoms with Crippen LogP contribution < -0.4 is 10.5 Å². The summed E-state index contributed by atoms with van der Waals surface area (Å²) in [6.07, 6.45) is 0. The van der Waals surface area contributed by atoms with E-state index in [0.29, 0.717) is 12.2 Å². The van der Waals surface area contributed by atoms with Crippen LogP contribution in [0.2, 0.25) is 0 Å². The lowest BCUT2D eigenvalue weighted by atomic mass is 10.1. The number of hydrogen-bond donors (Lipinski definition) is 2. The summed E-state index contributed by atoms with van der Waals surface area (Å²) in [7, 11) is 0. The molecule has 0 aliphatic rings. The van der Waals surface area contributed by atoms with Gasteiger partial charge in [0.1, 0.15) is 23.2 Å². The Labute approximate surface area is 110 Å². The molecule has 1 aromatic carbocycles. The minimum absolute atomic E-state index is 0.0462. The van der Waals surface area contributed by atoms with E-state index in [-0.39, 0.29) is 5.84 Å². The Morgan fingerprint density at radius 1 is 1.44 bits per heavy atom. The SMILES string of the molecule is Cc1csc(COc2cc(C(=N)N)ccc2C)n1. The number of nitrogens with one attached hydrogen (secondary N) is 1. The van der Waals surface area contributed by atoms with E-state index >= 15 is 0 Å². The predicted molar refractivity (Wildman–Crippen MR) is 73.4 cm³/mol. The van der Waals surface area contributed by atoms with Crippen molar-refractivity contribution in [3.63, 3.8) is 0 Å². The summed E-state index contributed by atoms with van der Waals surface area (Å²) < 4.78 is 5.72. The van der Waals surface area contributed by atoms with Gasteiger partial charge in [0, 0.05) is 16.6 Å². The Hall–Kier alpha value is -1.88. The molecule has 2 aromatic rings. The number of rotatable bonds is 4. The number of hydrogen-bond acceptors (Lipinski definition) is 4. The van der Waals surface area contributed by atoms with Crippen LogP contribution >= 0.6 is 11.3 Å². The summed E-state index contributed by atoms with van der Waals surface area (Å²) in [5, 5.41) is 10.4. The van der Waals surface area contributed by atoms with Crippen LogP contribution in [0.25, 0.3) is 0 Å². The molecule has 0 atom stereocenters. The van der Waals surface area contributed by atoms with E-state index in [1.807, 2.05) is 31.4 Å². The number of aromatic nitrogens is 1. The van der Waals surface area contributed by atoms with E-state index in [1.165, 1.54) is 0 Å². The molecule has 94 valence electrons. The van der Waals surface area contributed by atoms with Crippen LogP contribution in [0.1, 0.15) is 21.8 Å². The smallest absolute Gasteiger partial charge is 0.140 e. The average molecular weight is 261 g/mol. The Bertz CT molecular complexity index is 577. The minimum Gasteiger partial charge on any atom is -0.486 e. The van der Waals surface area contributed by atoms with Crippen molar-refractivity contribution in [2.24, 2.45) is 5.73 Å². The lowest BCUT2D eigenvalue weighted by Gasteiger charge is -2.09. The molecule has 0 saturated carbocycles. The second kappa shape index (κ2) is 5.18. The molecule has 3 N–H and O–H groups in total. The van der Waals surface area contributed by atoms with Gasteiger partial charge in [0.25, 0.3) is 0 Å². The van der Waals surface area contributed by atoms with Gasteiger partial charge in [-0.05, 0) is 25.5 Å². The van der Waals surface area contributed by atoms with E-state index in [2.05, 4.69) is 4.98 Å². The molecule has 0 fully saturated rings. The molecule has 0 spiro atoms. The number of thiazole rings is 1. The number of benzene rings is 1. The van der Waals surface area contributed by atoms with Crippen LogP contribution in [0.4, 0.5) is 0 Å². The number of amidine groups is 1. The van der Waals surface area contributed by atoms with Crippen molar-refractivity contribution in [3.05, 3.63) is 45.4 Å². The van der Waals surface area contributed by atoms with Gasteiger partial charge in [-0.1, -0.05) is 12.1 Å². The van der Waals surface area contributed by atoms with E-state index in [4.69, 9.17) is 15.9 Å². The van der Waals surface area contributed by atoms with E-state index in [0.717, 1.165) is 22.0 Å². The maximum Gasteiger partial charge on any atom is 0.140 e. The summed E-state index contributed by atoms with van der Waals surface area (Å²) in [5.74, 6) is 0.792. The lowest BCUT2D eigenvalue weighted by Crippen LogP contribution is -2.11. The van der Waals surface area contributed by atoms with Gasteiger partial charge in [0.05, 0.1) is 0 Å². The van der Waals surface area contributed by atoms with Gasteiger partial charge in [0.2, 0.25) is 0 Å². The van der Waals surface area contributed by atoms with E-state index in [9.17, 15) is 0 Å². The number of aryl methyl sites for hydroxylation is 2.